The van der Waals surface area contributed by atoms with Crippen LogP contribution in [0.1, 0.15) is 35.3 Å². The van der Waals surface area contributed by atoms with Gasteiger partial charge < -0.3 is 10.4 Å². The minimum absolute atomic E-state index is 0.0418. The number of carbonyl (C=O) groups excluding carboxylic acids is 1. The van der Waals surface area contributed by atoms with E-state index in [2.05, 4.69) is 10.3 Å². The highest BCUT2D eigenvalue weighted by atomic mass is 16.4. The molecule has 0 bridgehead atoms. The number of amides is 1. The normalized spacial score (nSPS) is 22.7. The summed E-state index contributed by atoms with van der Waals surface area (Å²) in [6.07, 6.45) is 3.41. The minimum Gasteiger partial charge on any atom is -0.481 e. The van der Waals surface area contributed by atoms with E-state index in [1.807, 2.05) is 6.92 Å². The predicted octanol–water partition coefficient (Wildman–Crippen LogP) is 1.37. The third kappa shape index (κ3) is 2.85. The number of nitrogens with zero attached hydrogens (tertiary/aromatic N) is 1. The minimum atomic E-state index is -0.774. The van der Waals surface area contributed by atoms with E-state index >= 15 is 0 Å². The molecular formula is C13H16N2O3. The topological polar surface area (TPSA) is 79.3 Å². The quantitative estimate of drug-likeness (QED) is 0.846. The second-order valence-electron chi connectivity index (χ2n) is 4.71. The molecule has 1 aliphatic carbocycles. The van der Waals surface area contributed by atoms with E-state index in [-0.39, 0.29) is 17.9 Å². The van der Waals surface area contributed by atoms with Gasteiger partial charge in [0.2, 0.25) is 0 Å². The summed E-state index contributed by atoms with van der Waals surface area (Å²) in [6.45, 7) is 1.86. The summed E-state index contributed by atoms with van der Waals surface area (Å²) in [5.74, 6) is -1.28. The maximum Gasteiger partial charge on any atom is 0.306 e. The lowest BCUT2D eigenvalue weighted by Gasteiger charge is -2.12. The lowest BCUT2D eigenvalue weighted by Crippen LogP contribution is -2.33. The lowest BCUT2D eigenvalue weighted by atomic mass is 10.1. The van der Waals surface area contributed by atoms with Crippen molar-refractivity contribution in [1.29, 1.82) is 0 Å². The lowest BCUT2D eigenvalue weighted by molar-refractivity contribution is -0.141. The zero-order chi connectivity index (χ0) is 13.1. The van der Waals surface area contributed by atoms with E-state index < -0.39 is 5.97 Å². The molecule has 2 N–H and O–H groups in total. The first-order chi connectivity index (χ1) is 8.56. The van der Waals surface area contributed by atoms with E-state index in [0.717, 1.165) is 12.1 Å². The fourth-order valence-electron chi connectivity index (χ4n) is 2.21. The number of hydrogen-bond acceptors (Lipinski definition) is 3. The maximum atomic E-state index is 11.9. The van der Waals surface area contributed by atoms with Crippen LogP contribution in [0.15, 0.2) is 18.3 Å². The second-order valence-corrected chi connectivity index (χ2v) is 4.71. The van der Waals surface area contributed by atoms with Crippen LogP contribution in [0.2, 0.25) is 0 Å². The molecule has 1 aromatic rings. The summed E-state index contributed by atoms with van der Waals surface area (Å²) in [5, 5.41) is 11.7. The van der Waals surface area contributed by atoms with Crippen molar-refractivity contribution in [3.05, 3.63) is 29.6 Å². The Bertz CT molecular complexity index is 456. The molecule has 0 radical (unpaired) electrons. The average molecular weight is 248 g/mol. The number of pyridine rings is 1. The first-order valence-electron chi connectivity index (χ1n) is 6.02. The highest BCUT2D eigenvalue weighted by molar-refractivity contribution is 5.94. The Kier molecular flexibility index (Phi) is 3.60. The van der Waals surface area contributed by atoms with Crippen molar-refractivity contribution < 1.29 is 14.7 Å². The van der Waals surface area contributed by atoms with E-state index in [0.29, 0.717) is 18.4 Å². The van der Waals surface area contributed by atoms with Crippen molar-refractivity contribution in [3.8, 4) is 0 Å². The van der Waals surface area contributed by atoms with Crippen LogP contribution >= 0.6 is 0 Å². The molecule has 96 valence electrons. The summed E-state index contributed by atoms with van der Waals surface area (Å²) in [7, 11) is 0. The van der Waals surface area contributed by atoms with Gasteiger partial charge in [-0.3, -0.25) is 14.6 Å². The summed E-state index contributed by atoms with van der Waals surface area (Å²) >= 11 is 0. The molecule has 1 aromatic heterocycles. The first-order valence-corrected chi connectivity index (χ1v) is 6.02. The zero-order valence-corrected chi connectivity index (χ0v) is 10.2. The standard InChI is InChI=1S/C13H16N2O3/c1-8-2-3-10(7-14-8)12(16)15-11-5-4-9(6-11)13(17)18/h2-3,7,9,11H,4-6H2,1H3,(H,15,16)(H,17,18)/t9-,11+/m0/s1. The Morgan fingerprint density at radius 3 is 2.72 bits per heavy atom. The van der Waals surface area contributed by atoms with Gasteiger partial charge in [0.15, 0.2) is 0 Å². The van der Waals surface area contributed by atoms with Gasteiger partial charge in [0.25, 0.3) is 5.91 Å². The van der Waals surface area contributed by atoms with Gasteiger partial charge in [0, 0.05) is 17.9 Å². The Hall–Kier alpha value is -1.91. The fraction of sp³-hybridized carbons (Fsp3) is 0.462. The highest BCUT2D eigenvalue weighted by Gasteiger charge is 2.30. The van der Waals surface area contributed by atoms with Crippen LogP contribution in [0.3, 0.4) is 0 Å². The summed E-state index contributed by atoms with van der Waals surface area (Å²) in [5.41, 5.74) is 1.37. The smallest absolute Gasteiger partial charge is 0.306 e. The average Bonchev–Trinajstić information content (AvgIpc) is 2.78. The molecule has 0 saturated heterocycles. The van der Waals surface area contributed by atoms with Crippen LogP contribution in [0.5, 0.6) is 0 Å². The van der Waals surface area contributed by atoms with Gasteiger partial charge in [-0.25, -0.2) is 0 Å². The van der Waals surface area contributed by atoms with Gasteiger partial charge in [-0.2, -0.15) is 0 Å². The predicted molar refractivity (Wildman–Crippen MR) is 65.2 cm³/mol. The van der Waals surface area contributed by atoms with Crippen LogP contribution in [-0.4, -0.2) is 28.0 Å². The first kappa shape index (κ1) is 12.5. The molecule has 1 heterocycles. The number of rotatable bonds is 3. The van der Waals surface area contributed by atoms with Gasteiger partial charge in [-0.1, -0.05) is 0 Å². The molecule has 1 fully saturated rings. The van der Waals surface area contributed by atoms with E-state index in [1.165, 1.54) is 6.20 Å². The van der Waals surface area contributed by atoms with Crippen LogP contribution in [0.4, 0.5) is 0 Å². The Morgan fingerprint density at radius 1 is 1.39 bits per heavy atom. The monoisotopic (exact) mass is 248 g/mol. The molecule has 2 rings (SSSR count). The van der Waals surface area contributed by atoms with Crippen molar-refractivity contribution in [3.63, 3.8) is 0 Å². The molecule has 1 aliphatic rings. The molecule has 0 aliphatic heterocycles. The third-order valence-corrected chi connectivity index (χ3v) is 3.29. The highest BCUT2D eigenvalue weighted by Crippen LogP contribution is 2.25. The van der Waals surface area contributed by atoms with Crippen LogP contribution in [0.25, 0.3) is 0 Å². The SMILES string of the molecule is Cc1ccc(C(=O)N[C@@H]2CC[C@H](C(=O)O)C2)cn1. The van der Waals surface area contributed by atoms with Crippen LogP contribution < -0.4 is 5.32 Å². The Labute approximate surface area is 105 Å². The Morgan fingerprint density at radius 2 is 2.17 bits per heavy atom. The van der Waals surface area contributed by atoms with Gasteiger partial charge >= 0.3 is 5.97 Å². The molecule has 5 heteroatoms. The van der Waals surface area contributed by atoms with Crippen LogP contribution in [0, 0.1) is 12.8 Å². The van der Waals surface area contributed by atoms with E-state index in [1.54, 1.807) is 12.1 Å². The van der Waals surface area contributed by atoms with E-state index in [4.69, 9.17) is 5.11 Å². The molecule has 1 amide bonds. The molecule has 0 spiro atoms. The number of aliphatic carboxylic acids is 1. The molecule has 0 unspecified atom stereocenters. The van der Waals surface area contributed by atoms with Crippen molar-refractivity contribution in [1.82, 2.24) is 10.3 Å². The van der Waals surface area contributed by atoms with Crippen molar-refractivity contribution >= 4 is 11.9 Å². The van der Waals surface area contributed by atoms with E-state index in [9.17, 15) is 9.59 Å². The number of nitrogens with one attached hydrogen (secondary N) is 1. The third-order valence-electron chi connectivity index (χ3n) is 3.29. The van der Waals surface area contributed by atoms with Crippen molar-refractivity contribution in [2.45, 2.75) is 32.2 Å². The molecule has 1 saturated carbocycles. The van der Waals surface area contributed by atoms with Crippen molar-refractivity contribution in [2.24, 2.45) is 5.92 Å². The number of aryl methyl sites for hydroxylation is 1. The van der Waals surface area contributed by atoms with Gasteiger partial charge in [0.05, 0.1) is 11.5 Å². The second kappa shape index (κ2) is 5.16. The largest absolute Gasteiger partial charge is 0.481 e. The number of carboxylic acid groups (broad SMARTS) is 1. The molecular weight excluding hydrogens is 232 g/mol. The number of aromatic nitrogens is 1. The number of hydrogen-bond donors (Lipinski definition) is 2. The summed E-state index contributed by atoms with van der Waals surface area (Å²) in [6, 6.07) is 3.46. The summed E-state index contributed by atoms with van der Waals surface area (Å²) in [4.78, 5) is 26.8. The van der Waals surface area contributed by atoms with Gasteiger partial charge in [-0.15, -0.1) is 0 Å². The maximum absolute atomic E-state index is 11.9. The molecule has 0 aromatic carbocycles. The van der Waals surface area contributed by atoms with Gasteiger partial charge in [-0.05, 0) is 38.3 Å². The number of carboxylic acids is 1. The van der Waals surface area contributed by atoms with Crippen LogP contribution in [-0.2, 0) is 4.79 Å². The Balaban J connectivity index is 1.92. The fourth-order valence-corrected chi connectivity index (χ4v) is 2.21. The molecule has 18 heavy (non-hydrogen) atoms. The molecule has 5 nitrogen and oxygen atoms in total. The summed E-state index contributed by atoms with van der Waals surface area (Å²) < 4.78 is 0. The molecule has 2 atom stereocenters. The zero-order valence-electron chi connectivity index (χ0n) is 10.2. The van der Waals surface area contributed by atoms with Crippen molar-refractivity contribution in [2.75, 3.05) is 0 Å². The van der Waals surface area contributed by atoms with Gasteiger partial charge in [0.1, 0.15) is 0 Å². The number of carbonyl (C=O) groups is 2.